The number of rotatable bonds is 4. The molecular formula is C19H20N4OS. The van der Waals surface area contributed by atoms with Crippen LogP contribution in [0.5, 0.6) is 0 Å². The van der Waals surface area contributed by atoms with Gasteiger partial charge in [-0.25, -0.2) is 0 Å². The number of amides is 1. The second-order valence-corrected chi connectivity index (χ2v) is 7.36. The van der Waals surface area contributed by atoms with Gasteiger partial charge in [0.25, 0.3) is 0 Å². The lowest BCUT2D eigenvalue weighted by atomic mass is 9.96. The van der Waals surface area contributed by atoms with Crippen LogP contribution in [-0.4, -0.2) is 38.7 Å². The lowest BCUT2D eigenvalue weighted by Crippen LogP contribution is -2.40. The fourth-order valence-electron chi connectivity index (χ4n) is 3.40. The second-order valence-electron chi connectivity index (χ2n) is 6.33. The molecule has 1 fully saturated rings. The number of hydrogen-bond acceptors (Lipinski definition) is 4. The lowest BCUT2D eigenvalue weighted by molar-refractivity contribution is -0.131. The van der Waals surface area contributed by atoms with Crippen LogP contribution in [0.2, 0.25) is 0 Å². The summed E-state index contributed by atoms with van der Waals surface area (Å²) in [6.07, 6.45) is 4.30. The number of hydrogen-bond donors (Lipinski definition) is 0. The highest BCUT2D eigenvalue weighted by molar-refractivity contribution is 7.10. The van der Waals surface area contributed by atoms with E-state index in [0.29, 0.717) is 6.42 Å². The molecule has 1 amide bonds. The molecule has 3 aromatic rings. The van der Waals surface area contributed by atoms with E-state index >= 15 is 0 Å². The zero-order chi connectivity index (χ0) is 17.1. The van der Waals surface area contributed by atoms with Crippen LogP contribution < -0.4 is 0 Å². The molecule has 0 bridgehead atoms. The van der Waals surface area contributed by atoms with Gasteiger partial charge < -0.3 is 4.90 Å². The maximum Gasteiger partial charge on any atom is 0.227 e. The molecule has 0 aliphatic carbocycles. The number of carbonyl (C=O) groups excluding carboxylic acids is 1. The van der Waals surface area contributed by atoms with E-state index in [9.17, 15) is 4.79 Å². The van der Waals surface area contributed by atoms with Gasteiger partial charge in [0.2, 0.25) is 5.91 Å². The Labute approximate surface area is 150 Å². The Balaban J connectivity index is 1.50. The summed E-state index contributed by atoms with van der Waals surface area (Å²) in [6.45, 7) is 1.55. The first-order valence-electron chi connectivity index (χ1n) is 8.57. The third-order valence-corrected chi connectivity index (χ3v) is 5.53. The number of aromatic nitrogens is 3. The summed E-state index contributed by atoms with van der Waals surface area (Å²) in [5.41, 5.74) is 1.06. The second kappa shape index (κ2) is 7.19. The van der Waals surface area contributed by atoms with Crippen LogP contribution in [0.3, 0.4) is 0 Å². The molecule has 0 N–H and O–H groups in total. The van der Waals surface area contributed by atoms with Crippen LogP contribution in [0, 0.1) is 0 Å². The minimum absolute atomic E-state index is 0.206. The molecule has 1 aliphatic rings. The highest BCUT2D eigenvalue weighted by Gasteiger charge is 2.28. The van der Waals surface area contributed by atoms with Crippen molar-refractivity contribution in [1.29, 1.82) is 0 Å². The van der Waals surface area contributed by atoms with Crippen molar-refractivity contribution in [3.8, 4) is 5.69 Å². The van der Waals surface area contributed by atoms with E-state index in [1.165, 1.54) is 0 Å². The topological polar surface area (TPSA) is 51.0 Å². The van der Waals surface area contributed by atoms with Gasteiger partial charge in [-0.15, -0.1) is 21.5 Å². The van der Waals surface area contributed by atoms with Crippen LogP contribution in [0.15, 0.2) is 54.2 Å². The van der Waals surface area contributed by atoms with Crippen LogP contribution >= 0.6 is 11.3 Å². The molecule has 6 heteroatoms. The number of nitrogens with zero attached hydrogens (tertiary/aromatic N) is 4. The molecular weight excluding hydrogens is 332 g/mol. The Kier molecular flexibility index (Phi) is 4.61. The summed E-state index contributed by atoms with van der Waals surface area (Å²) in [5, 5.41) is 10.5. The average Bonchev–Trinajstić information content (AvgIpc) is 3.34. The first-order valence-corrected chi connectivity index (χ1v) is 9.45. The van der Waals surface area contributed by atoms with Crippen molar-refractivity contribution in [2.45, 2.75) is 25.2 Å². The molecule has 1 atom stereocenters. The van der Waals surface area contributed by atoms with Gasteiger partial charge in [-0.05, 0) is 36.4 Å². The van der Waals surface area contributed by atoms with E-state index in [4.69, 9.17) is 0 Å². The largest absolute Gasteiger partial charge is 0.342 e. The molecule has 1 aliphatic heterocycles. The predicted molar refractivity (Wildman–Crippen MR) is 97.9 cm³/mol. The summed E-state index contributed by atoms with van der Waals surface area (Å²) in [7, 11) is 0. The third kappa shape index (κ3) is 3.49. The Morgan fingerprint density at radius 1 is 1.20 bits per heavy atom. The van der Waals surface area contributed by atoms with Crippen molar-refractivity contribution in [3.05, 3.63) is 64.9 Å². The predicted octanol–water partition coefficient (Wildman–Crippen LogP) is 3.28. The Morgan fingerprint density at radius 3 is 2.88 bits per heavy atom. The van der Waals surface area contributed by atoms with Crippen molar-refractivity contribution >= 4 is 17.2 Å². The molecule has 128 valence electrons. The first-order chi connectivity index (χ1) is 12.3. The fourth-order valence-corrected chi connectivity index (χ4v) is 4.09. The molecule has 5 nitrogen and oxygen atoms in total. The normalized spacial score (nSPS) is 17.6. The summed E-state index contributed by atoms with van der Waals surface area (Å²) in [5.74, 6) is 1.38. The van der Waals surface area contributed by atoms with Crippen LogP contribution in [0.1, 0.15) is 29.5 Å². The number of benzene rings is 1. The lowest BCUT2D eigenvalue weighted by Gasteiger charge is -2.32. The summed E-state index contributed by atoms with van der Waals surface area (Å²) in [4.78, 5) is 15.7. The Bertz CT molecular complexity index is 828. The molecule has 0 saturated carbocycles. The standard InChI is InChI=1S/C19H20N4OS/c24-18(12-17-9-5-11-25-17)22-10-4-6-15(13-22)19-21-20-14-23(19)16-7-2-1-3-8-16/h1-3,5,7-9,11,14-15H,4,6,10,12-13H2/t15-/m0/s1. The number of piperidine rings is 1. The minimum atomic E-state index is 0.206. The van der Waals surface area contributed by atoms with Crippen molar-refractivity contribution in [3.63, 3.8) is 0 Å². The summed E-state index contributed by atoms with van der Waals surface area (Å²) >= 11 is 1.64. The van der Waals surface area contributed by atoms with Crippen molar-refractivity contribution in [2.24, 2.45) is 0 Å². The van der Waals surface area contributed by atoms with Crippen molar-refractivity contribution in [1.82, 2.24) is 19.7 Å². The molecule has 0 unspecified atom stereocenters. The molecule has 1 aromatic carbocycles. The van der Waals surface area contributed by atoms with Gasteiger partial charge in [0, 0.05) is 29.6 Å². The molecule has 4 rings (SSSR count). The quantitative estimate of drug-likeness (QED) is 0.724. The van der Waals surface area contributed by atoms with E-state index in [-0.39, 0.29) is 11.8 Å². The van der Waals surface area contributed by atoms with Gasteiger partial charge in [0.15, 0.2) is 0 Å². The number of carbonyl (C=O) groups is 1. The first kappa shape index (κ1) is 16.0. The molecule has 3 heterocycles. The average molecular weight is 352 g/mol. The van der Waals surface area contributed by atoms with Gasteiger partial charge >= 0.3 is 0 Å². The fraction of sp³-hybridized carbons (Fsp3) is 0.316. The minimum Gasteiger partial charge on any atom is -0.342 e. The Hall–Kier alpha value is -2.47. The van der Waals surface area contributed by atoms with Crippen LogP contribution in [-0.2, 0) is 11.2 Å². The van der Waals surface area contributed by atoms with E-state index in [1.54, 1.807) is 17.7 Å². The van der Waals surface area contributed by atoms with Gasteiger partial charge in [0.1, 0.15) is 12.2 Å². The van der Waals surface area contributed by atoms with E-state index in [2.05, 4.69) is 22.3 Å². The smallest absolute Gasteiger partial charge is 0.227 e. The van der Waals surface area contributed by atoms with E-state index in [0.717, 1.165) is 42.3 Å². The van der Waals surface area contributed by atoms with Gasteiger partial charge in [-0.3, -0.25) is 9.36 Å². The molecule has 1 saturated heterocycles. The number of para-hydroxylation sites is 1. The van der Waals surface area contributed by atoms with Gasteiger partial charge in [0.05, 0.1) is 6.42 Å². The third-order valence-electron chi connectivity index (χ3n) is 4.65. The highest BCUT2D eigenvalue weighted by Crippen LogP contribution is 2.27. The maximum atomic E-state index is 12.6. The number of likely N-dealkylation sites (tertiary alicyclic amines) is 1. The van der Waals surface area contributed by atoms with Gasteiger partial charge in [-0.2, -0.15) is 0 Å². The van der Waals surface area contributed by atoms with E-state index in [1.807, 2.05) is 45.2 Å². The van der Waals surface area contributed by atoms with Crippen molar-refractivity contribution < 1.29 is 4.79 Å². The van der Waals surface area contributed by atoms with Crippen molar-refractivity contribution in [2.75, 3.05) is 13.1 Å². The molecule has 0 radical (unpaired) electrons. The molecule has 2 aromatic heterocycles. The monoisotopic (exact) mass is 352 g/mol. The maximum absolute atomic E-state index is 12.6. The summed E-state index contributed by atoms with van der Waals surface area (Å²) in [6, 6.07) is 14.1. The van der Waals surface area contributed by atoms with Crippen LogP contribution in [0.4, 0.5) is 0 Å². The van der Waals surface area contributed by atoms with Crippen LogP contribution in [0.25, 0.3) is 5.69 Å². The Morgan fingerprint density at radius 2 is 2.08 bits per heavy atom. The molecule has 0 spiro atoms. The highest BCUT2D eigenvalue weighted by atomic mass is 32.1. The zero-order valence-corrected chi connectivity index (χ0v) is 14.7. The molecule has 25 heavy (non-hydrogen) atoms. The zero-order valence-electron chi connectivity index (χ0n) is 13.9. The van der Waals surface area contributed by atoms with Gasteiger partial charge in [-0.1, -0.05) is 24.3 Å². The number of thiophene rings is 1. The summed E-state index contributed by atoms with van der Waals surface area (Å²) < 4.78 is 2.04. The van der Waals surface area contributed by atoms with E-state index < -0.39 is 0 Å². The SMILES string of the molecule is O=C(Cc1cccs1)N1CCC[C@H](c2nncn2-c2ccccc2)C1.